The summed E-state index contributed by atoms with van der Waals surface area (Å²) in [5.41, 5.74) is 0.861. The molecule has 2 aliphatic carbocycles. The van der Waals surface area contributed by atoms with Crippen LogP contribution in [0.15, 0.2) is 13.2 Å². The fourth-order valence-electron chi connectivity index (χ4n) is 2.83. The fraction of sp³-hybridized carbons (Fsp3) is 0.818. The number of rotatable bonds is 1. The van der Waals surface area contributed by atoms with Crippen molar-refractivity contribution >= 4 is 0 Å². The molecule has 0 aromatic carbocycles. The van der Waals surface area contributed by atoms with Gasteiger partial charge in [-0.25, -0.2) is 0 Å². The molecule has 2 saturated carbocycles. The normalized spacial score (nSPS) is 45.1. The molecule has 0 N–H and O–H groups in total. The molecule has 0 spiro atoms. The van der Waals surface area contributed by atoms with Crippen LogP contribution in [0.3, 0.4) is 0 Å². The zero-order valence-corrected chi connectivity index (χ0v) is 8.06. The van der Waals surface area contributed by atoms with Gasteiger partial charge in [0.25, 0.3) is 0 Å². The van der Waals surface area contributed by atoms with E-state index in [-0.39, 0.29) is 0 Å². The molecule has 2 aliphatic rings. The molecule has 64 valence electrons. The van der Waals surface area contributed by atoms with Gasteiger partial charge in [0.05, 0.1) is 0 Å². The Morgan fingerprint density at radius 1 is 1.27 bits per heavy atom. The largest absolute Gasteiger partial charge is 0.106 e. The predicted octanol–water partition coefficient (Wildman–Crippen LogP) is 3.49. The summed E-state index contributed by atoms with van der Waals surface area (Å²) in [5, 5.41) is 0. The monoisotopic (exact) mass is 152 g/mol. The van der Waals surface area contributed by atoms with Gasteiger partial charge in [0.1, 0.15) is 0 Å². The lowest BCUT2D eigenvalue weighted by Gasteiger charge is -2.35. The van der Waals surface area contributed by atoms with E-state index in [1.165, 1.54) is 6.42 Å². The molecule has 11 heavy (non-hydrogen) atoms. The van der Waals surface area contributed by atoms with Crippen LogP contribution in [-0.2, 0) is 0 Å². The third kappa shape index (κ3) is 1.04. The molecule has 0 nitrogen and oxygen atoms in total. The van der Waals surface area contributed by atoms with E-state index in [9.17, 15) is 0 Å². The lowest BCUT2D eigenvalue weighted by molar-refractivity contribution is 0.139. The van der Waals surface area contributed by atoms with Gasteiger partial charge in [0, 0.05) is 0 Å². The number of fused-ring (bicyclic) bond motifs is 1. The average Bonchev–Trinajstić information content (AvgIpc) is 2.61. The quantitative estimate of drug-likeness (QED) is 0.504. The van der Waals surface area contributed by atoms with E-state index in [0.29, 0.717) is 0 Å². The van der Waals surface area contributed by atoms with Crippen LogP contribution in [0.1, 0.15) is 33.6 Å². The molecular weight excluding hydrogens is 132 g/mol. The highest BCUT2D eigenvalue weighted by Crippen LogP contribution is 2.73. The molecule has 3 atom stereocenters. The van der Waals surface area contributed by atoms with Crippen molar-refractivity contribution in [2.45, 2.75) is 33.6 Å². The van der Waals surface area contributed by atoms with Gasteiger partial charge in [-0.15, -0.1) is 13.2 Å². The van der Waals surface area contributed by atoms with E-state index in [0.717, 1.165) is 23.2 Å². The van der Waals surface area contributed by atoms with Crippen LogP contribution in [0.25, 0.3) is 0 Å². The summed E-state index contributed by atoms with van der Waals surface area (Å²) in [6.45, 7) is 13.2. The minimum atomic E-state index is 0.861. The molecule has 0 aromatic rings. The van der Waals surface area contributed by atoms with Crippen LogP contribution >= 0.6 is 0 Å². The first-order valence-corrected chi connectivity index (χ1v) is 4.67. The molecule has 3 unspecified atom stereocenters. The zero-order valence-electron chi connectivity index (χ0n) is 8.06. The Bertz CT molecular complexity index is 148. The van der Waals surface area contributed by atoms with E-state index < -0.39 is 0 Å². The van der Waals surface area contributed by atoms with Gasteiger partial charge in [0.2, 0.25) is 0 Å². The summed E-state index contributed by atoms with van der Waals surface area (Å²) >= 11 is 0. The summed E-state index contributed by atoms with van der Waals surface area (Å²) in [6, 6.07) is 0. The second kappa shape index (κ2) is 2.66. The van der Waals surface area contributed by atoms with Crippen molar-refractivity contribution in [3.8, 4) is 0 Å². The molecule has 2 rings (SSSR count). The van der Waals surface area contributed by atoms with Crippen LogP contribution in [-0.4, -0.2) is 0 Å². The highest BCUT2D eigenvalue weighted by Gasteiger charge is 2.66. The van der Waals surface area contributed by atoms with Gasteiger partial charge in [-0.05, 0) is 36.0 Å². The topological polar surface area (TPSA) is 0 Å². The smallest absolute Gasteiger partial charge is 0.0238 e. The Kier molecular flexibility index (Phi) is 2.13. The second-order valence-electron chi connectivity index (χ2n) is 4.38. The molecule has 0 heterocycles. The first kappa shape index (κ1) is 8.83. The zero-order chi connectivity index (χ0) is 8.65. The first-order chi connectivity index (χ1) is 5.17. The number of hydrogen-bond donors (Lipinski definition) is 0. The van der Waals surface area contributed by atoms with Gasteiger partial charge >= 0.3 is 0 Å². The van der Waals surface area contributed by atoms with Crippen LogP contribution in [0.2, 0.25) is 0 Å². The van der Waals surface area contributed by atoms with Crippen LogP contribution in [0, 0.1) is 23.2 Å². The Morgan fingerprint density at radius 3 is 1.91 bits per heavy atom. The molecule has 0 bridgehead atoms. The molecule has 0 heteroatoms. The maximum absolute atomic E-state index is 3.00. The van der Waals surface area contributed by atoms with Crippen molar-refractivity contribution in [1.82, 2.24) is 0 Å². The Balaban J connectivity index is 0.000000281. The van der Waals surface area contributed by atoms with Gasteiger partial charge in [0.15, 0.2) is 0 Å². The Labute approximate surface area is 70.7 Å². The van der Waals surface area contributed by atoms with Crippen molar-refractivity contribution in [2.24, 2.45) is 23.2 Å². The number of hydrogen-bond acceptors (Lipinski definition) is 0. The lowest BCUT2D eigenvalue weighted by atomic mass is 9.70. The van der Waals surface area contributed by atoms with Gasteiger partial charge in [-0.3, -0.25) is 0 Å². The average molecular weight is 152 g/mol. The molecule has 2 fully saturated rings. The second-order valence-corrected chi connectivity index (χ2v) is 4.38. The molecule has 0 aliphatic heterocycles. The van der Waals surface area contributed by atoms with Crippen LogP contribution in [0.4, 0.5) is 0 Å². The van der Waals surface area contributed by atoms with E-state index in [2.05, 4.69) is 33.9 Å². The van der Waals surface area contributed by atoms with E-state index >= 15 is 0 Å². The van der Waals surface area contributed by atoms with Gasteiger partial charge < -0.3 is 0 Å². The van der Waals surface area contributed by atoms with E-state index in [1.54, 1.807) is 6.42 Å². The summed E-state index contributed by atoms with van der Waals surface area (Å²) in [5.74, 6) is 3.16. The van der Waals surface area contributed by atoms with Gasteiger partial charge in [-0.1, -0.05) is 20.8 Å². The summed E-state index contributed by atoms with van der Waals surface area (Å²) < 4.78 is 0. The fourth-order valence-corrected chi connectivity index (χ4v) is 2.83. The predicted molar refractivity (Wildman–Crippen MR) is 50.4 cm³/mol. The third-order valence-corrected chi connectivity index (χ3v) is 3.72. The van der Waals surface area contributed by atoms with Crippen molar-refractivity contribution in [3.05, 3.63) is 13.2 Å². The van der Waals surface area contributed by atoms with Crippen molar-refractivity contribution in [2.75, 3.05) is 0 Å². The summed E-state index contributed by atoms with van der Waals surface area (Å²) in [7, 11) is 0. The molecule has 0 radical (unpaired) electrons. The molecule has 0 saturated heterocycles. The Morgan fingerprint density at radius 2 is 1.82 bits per heavy atom. The highest BCUT2D eigenvalue weighted by molar-refractivity contribution is 5.14. The van der Waals surface area contributed by atoms with Crippen molar-refractivity contribution in [3.63, 3.8) is 0 Å². The molecular formula is C11H20. The minimum absolute atomic E-state index is 0.861. The third-order valence-electron chi connectivity index (χ3n) is 3.72. The van der Waals surface area contributed by atoms with Crippen LogP contribution in [0.5, 0.6) is 0 Å². The summed E-state index contributed by atoms with van der Waals surface area (Å²) in [4.78, 5) is 0. The SMILES string of the molecule is C=C.CC1CC2(C(C)C)CC12. The maximum Gasteiger partial charge on any atom is -0.0238 e. The minimum Gasteiger partial charge on any atom is -0.106 e. The maximum atomic E-state index is 3.00. The molecule has 0 aromatic heterocycles. The van der Waals surface area contributed by atoms with Crippen molar-refractivity contribution < 1.29 is 0 Å². The standard InChI is InChI=1S/C9H16.C2H4/c1-6(2)9-4-7(3)8(9)5-9;1-2/h6-8H,4-5H2,1-3H3;1-2H2. The lowest BCUT2D eigenvalue weighted by Crippen LogP contribution is -2.28. The first-order valence-electron chi connectivity index (χ1n) is 4.67. The van der Waals surface area contributed by atoms with Gasteiger partial charge in [-0.2, -0.15) is 0 Å². The van der Waals surface area contributed by atoms with E-state index in [4.69, 9.17) is 0 Å². The van der Waals surface area contributed by atoms with Crippen molar-refractivity contribution in [1.29, 1.82) is 0 Å². The Hall–Kier alpha value is -0.260. The highest BCUT2D eigenvalue weighted by atomic mass is 14.7. The van der Waals surface area contributed by atoms with Crippen LogP contribution < -0.4 is 0 Å². The molecule has 0 amide bonds. The van der Waals surface area contributed by atoms with E-state index in [1.807, 2.05) is 0 Å². The summed E-state index contributed by atoms with van der Waals surface area (Å²) in [6.07, 6.45) is 3.07.